The van der Waals surface area contributed by atoms with Gasteiger partial charge in [0.25, 0.3) is 0 Å². The number of methoxy groups -OCH3 is 1. The van der Waals surface area contributed by atoms with Gasteiger partial charge in [0.2, 0.25) is 5.91 Å². The number of furan rings is 1. The van der Waals surface area contributed by atoms with Crippen LogP contribution in [-0.4, -0.2) is 13.0 Å². The van der Waals surface area contributed by atoms with E-state index in [0.717, 1.165) is 38.8 Å². The Morgan fingerprint density at radius 1 is 1.03 bits per heavy atom. The van der Waals surface area contributed by atoms with Crippen LogP contribution in [0.4, 0.5) is 5.69 Å². The van der Waals surface area contributed by atoms with Gasteiger partial charge in [-0.1, -0.05) is 53.0 Å². The molecule has 1 amide bonds. The number of carbonyl (C=O) groups excluding carboxylic acids is 1. The van der Waals surface area contributed by atoms with Crippen molar-refractivity contribution in [3.63, 3.8) is 0 Å². The third kappa shape index (κ3) is 4.77. The van der Waals surface area contributed by atoms with Gasteiger partial charge in [0.15, 0.2) is 0 Å². The van der Waals surface area contributed by atoms with Crippen molar-refractivity contribution < 1.29 is 13.9 Å². The molecule has 0 spiro atoms. The summed E-state index contributed by atoms with van der Waals surface area (Å²) in [7, 11) is 1.61. The van der Waals surface area contributed by atoms with Gasteiger partial charge in [0.1, 0.15) is 11.3 Å². The number of hydrogen-bond acceptors (Lipinski definition) is 3. The molecule has 0 saturated heterocycles. The molecule has 4 aromatic rings. The smallest absolute Gasteiger partial charge is 0.248 e. The Hall–Kier alpha value is -3.21. The lowest BCUT2D eigenvalue weighted by atomic mass is 9.96. The van der Waals surface area contributed by atoms with Gasteiger partial charge in [-0.3, -0.25) is 4.79 Å². The molecule has 6 heteroatoms. The molecule has 4 nitrogen and oxygen atoms in total. The molecule has 0 fully saturated rings. The lowest BCUT2D eigenvalue weighted by Gasteiger charge is -2.13. The van der Waals surface area contributed by atoms with E-state index in [2.05, 4.69) is 36.5 Å². The van der Waals surface area contributed by atoms with E-state index in [1.807, 2.05) is 19.9 Å². The van der Waals surface area contributed by atoms with E-state index in [0.29, 0.717) is 21.5 Å². The van der Waals surface area contributed by atoms with Crippen LogP contribution in [0.2, 0.25) is 10.0 Å². The Labute approximate surface area is 202 Å². The van der Waals surface area contributed by atoms with Gasteiger partial charge < -0.3 is 14.5 Å². The Bertz CT molecular complexity index is 1360. The van der Waals surface area contributed by atoms with E-state index < -0.39 is 0 Å². The number of anilines is 1. The molecule has 0 bridgehead atoms. The Balaban J connectivity index is 1.75. The van der Waals surface area contributed by atoms with Crippen LogP contribution in [0, 0.1) is 13.8 Å². The number of fused-ring (bicyclic) bond motifs is 1. The van der Waals surface area contributed by atoms with Gasteiger partial charge in [-0.25, -0.2) is 0 Å². The van der Waals surface area contributed by atoms with Crippen molar-refractivity contribution in [1.82, 2.24) is 0 Å². The first-order valence-electron chi connectivity index (χ1n) is 10.4. The maximum atomic E-state index is 12.7. The molecule has 1 aromatic heterocycles. The zero-order chi connectivity index (χ0) is 23.7. The highest BCUT2D eigenvalue weighted by molar-refractivity contribution is 6.35. The molecular weight excluding hydrogens is 457 g/mol. The minimum Gasteiger partial charge on any atom is -0.496 e. The second-order valence-electron chi connectivity index (χ2n) is 7.95. The molecule has 0 atom stereocenters. The highest BCUT2D eigenvalue weighted by Gasteiger charge is 2.19. The summed E-state index contributed by atoms with van der Waals surface area (Å²) in [4.78, 5) is 12.7. The summed E-state index contributed by atoms with van der Waals surface area (Å²) in [5.41, 5.74) is 6.97. The lowest BCUT2D eigenvalue weighted by Crippen LogP contribution is -2.08. The Kier molecular flexibility index (Phi) is 6.50. The number of allylic oxidation sites excluding steroid dienone is 1. The zero-order valence-corrected chi connectivity index (χ0v) is 20.3. The van der Waals surface area contributed by atoms with Crippen molar-refractivity contribution in [3.8, 4) is 16.9 Å². The molecule has 0 aliphatic rings. The van der Waals surface area contributed by atoms with Crippen molar-refractivity contribution in [2.24, 2.45) is 0 Å². The summed E-state index contributed by atoms with van der Waals surface area (Å²) in [6.07, 6.45) is 3.30. The minimum atomic E-state index is -0.295. The minimum absolute atomic E-state index is 0.295. The number of benzene rings is 3. The fraction of sp³-hybridized carbons (Fsp3) is 0.148. The third-order valence-corrected chi connectivity index (χ3v) is 5.95. The van der Waals surface area contributed by atoms with Crippen LogP contribution in [0.1, 0.15) is 23.6 Å². The number of hydrogen-bond donors (Lipinski definition) is 1. The second kappa shape index (κ2) is 9.34. The van der Waals surface area contributed by atoms with Crippen LogP contribution in [0.15, 0.2) is 65.3 Å². The number of ether oxygens (including phenoxy) is 1. The molecule has 1 N–H and O–H groups in total. The average Bonchev–Trinajstić information content (AvgIpc) is 3.17. The number of carbonyl (C=O) groups is 1. The molecule has 0 unspecified atom stereocenters. The summed E-state index contributed by atoms with van der Waals surface area (Å²) >= 11 is 12.1. The Morgan fingerprint density at radius 2 is 1.70 bits per heavy atom. The first-order chi connectivity index (χ1) is 15.8. The van der Waals surface area contributed by atoms with Crippen molar-refractivity contribution in [2.45, 2.75) is 20.8 Å². The predicted octanol–water partition coefficient (Wildman–Crippen LogP) is 8.07. The van der Waals surface area contributed by atoms with Crippen molar-refractivity contribution in [3.05, 3.63) is 87.6 Å². The maximum Gasteiger partial charge on any atom is 0.248 e. The fourth-order valence-electron chi connectivity index (χ4n) is 3.91. The first kappa shape index (κ1) is 23.0. The number of nitrogens with one attached hydrogen (secondary N) is 1. The number of rotatable bonds is 5. The molecule has 33 heavy (non-hydrogen) atoms. The Morgan fingerprint density at radius 3 is 2.33 bits per heavy atom. The van der Waals surface area contributed by atoms with Gasteiger partial charge in [0, 0.05) is 43.9 Å². The maximum absolute atomic E-state index is 12.7. The quantitative estimate of drug-likeness (QED) is 0.294. The van der Waals surface area contributed by atoms with Gasteiger partial charge in [-0.05, 0) is 56.2 Å². The van der Waals surface area contributed by atoms with Crippen molar-refractivity contribution in [2.75, 3.05) is 12.4 Å². The SMILES string of the molecule is COc1c(/C(C)=C/C(=O)Nc2cc(Cl)cc(Cl)c2)cc2c(-c3ccc(C)cc3)coc2c1C. The van der Waals surface area contributed by atoms with E-state index in [1.54, 1.807) is 31.6 Å². The van der Waals surface area contributed by atoms with E-state index in [9.17, 15) is 4.79 Å². The summed E-state index contributed by atoms with van der Waals surface area (Å²) < 4.78 is 11.6. The van der Waals surface area contributed by atoms with Crippen molar-refractivity contribution >= 4 is 51.3 Å². The fourth-order valence-corrected chi connectivity index (χ4v) is 4.43. The van der Waals surface area contributed by atoms with E-state index in [1.165, 1.54) is 11.6 Å². The zero-order valence-electron chi connectivity index (χ0n) is 18.8. The van der Waals surface area contributed by atoms with Gasteiger partial charge in [-0.2, -0.15) is 0 Å². The van der Waals surface area contributed by atoms with Crippen LogP contribution in [0.3, 0.4) is 0 Å². The largest absolute Gasteiger partial charge is 0.496 e. The molecule has 3 aromatic carbocycles. The van der Waals surface area contributed by atoms with E-state index in [-0.39, 0.29) is 5.91 Å². The molecule has 0 aliphatic heterocycles. The third-order valence-electron chi connectivity index (χ3n) is 5.51. The van der Waals surface area contributed by atoms with Gasteiger partial charge in [-0.15, -0.1) is 0 Å². The van der Waals surface area contributed by atoms with Crippen LogP contribution < -0.4 is 10.1 Å². The molecular formula is C27H23Cl2NO3. The first-order valence-corrected chi connectivity index (χ1v) is 11.1. The number of aryl methyl sites for hydroxylation is 2. The monoisotopic (exact) mass is 479 g/mol. The van der Waals surface area contributed by atoms with Gasteiger partial charge in [0.05, 0.1) is 13.4 Å². The van der Waals surface area contributed by atoms with Gasteiger partial charge >= 0.3 is 0 Å². The van der Waals surface area contributed by atoms with Crippen LogP contribution in [0.5, 0.6) is 5.75 Å². The molecule has 0 radical (unpaired) electrons. The molecule has 1 heterocycles. The molecule has 4 rings (SSSR count). The number of amides is 1. The van der Waals surface area contributed by atoms with E-state index in [4.69, 9.17) is 32.4 Å². The molecule has 0 aliphatic carbocycles. The summed E-state index contributed by atoms with van der Waals surface area (Å²) in [6, 6.07) is 15.2. The standard InChI is InChI=1S/C27H23Cl2NO3/c1-15-5-7-18(8-6-15)24-14-33-27-17(3)26(32-4)22(13-23(24)27)16(2)9-25(31)30-21-11-19(28)10-20(29)12-21/h5-14H,1-4H3,(H,30,31)/b16-9+. The average molecular weight is 480 g/mol. The predicted molar refractivity (Wildman–Crippen MR) is 136 cm³/mol. The summed E-state index contributed by atoms with van der Waals surface area (Å²) in [5.74, 6) is 0.372. The van der Waals surface area contributed by atoms with Crippen LogP contribution >= 0.6 is 23.2 Å². The lowest BCUT2D eigenvalue weighted by molar-refractivity contribution is -0.111. The summed E-state index contributed by atoms with van der Waals surface area (Å²) in [6.45, 7) is 5.88. The molecule has 0 saturated carbocycles. The topological polar surface area (TPSA) is 51.5 Å². The normalized spacial score (nSPS) is 11.6. The summed E-state index contributed by atoms with van der Waals surface area (Å²) in [5, 5.41) is 4.67. The van der Waals surface area contributed by atoms with Crippen LogP contribution in [-0.2, 0) is 4.79 Å². The number of halogens is 2. The highest BCUT2D eigenvalue weighted by atomic mass is 35.5. The molecule has 168 valence electrons. The van der Waals surface area contributed by atoms with E-state index >= 15 is 0 Å². The van der Waals surface area contributed by atoms with Crippen LogP contribution in [0.25, 0.3) is 27.7 Å². The van der Waals surface area contributed by atoms with Crippen molar-refractivity contribution in [1.29, 1.82) is 0 Å². The highest BCUT2D eigenvalue weighted by Crippen LogP contribution is 2.40. The second-order valence-corrected chi connectivity index (χ2v) is 8.82.